The van der Waals surface area contributed by atoms with Gasteiger partial charge in [0.15, 0.2) is 0 Å². The average molecular weight is 348 g/mol. The van der Waals surface area contributed by atoms with E-state index < -0.39 is 5.92 Å². The van der Waals surface area contributed by atoms with Crippen LogP contribution in [0.2, 0.25) is 0 Å². The molecule has 0 saturated carbocycles. The highest BCUT2D eigenvalue weighted by molar-refractivity contribution is 5.78. The Bertz CT molecular complexity index is 387. The Morgan fingerprint density at radius 2 is 1.83 bits per heavy atom. The van der Waals surface area contributed by atoms with Gasteiger partial charge in [-0.05, 0) is 40.0 Å². The number of alkyl halides is 2. The van der Waals surface area contributed by atoms with Crippen LogP contribution in [-0.4, -0.2) is 54.6 Å². The van der Waals surface area contributed by atoms with Crippen molar-refractivity contribution in [3.63, 3.8) is 0 Å². The molecular weight excluding hydrogens is 314 g/mol. The second-order valence-electron chi connectivity index (χ2n) is 8.13. The van der Waals surface area contributed by atoms with E-state index in [0.29, 0.717) is 26.1 Å². The molecule has 0 aromatic rings. The van der Waals surface area contributed by atoms with Crippen LogP contribution in [0, 0.1) is 5.92 Å². The fourth-order valence-electron chi connectivity index (χ4n) is 2.72. The first-order valence-corrected chi connectivity index (χ1v) is 9.03. The number of amides is 1. The number of rotatable bonds is 8. The van der Waals surface area contributed by atoms with Gasteiger partial charge in [0.25, 0.3) is 5.92 Å². The van der Waals surface area contributed by atoms with Crippen LogP contribution in [0.3, 0.4) is 0 Å². The van der Waals surface area contributed by atoms with Crippen molar-refractivity contribution >= 4 is 5.91 Å². The number of hydrogen-bond acceptors (Lipinski definition) is 3. The number of ether oxygens (including phenoxy) is 1. The Kier molecular flexibility index (Phi) is 8.06. The molecule has 0 unspecified atom stereocenters. The van der Waals surface area contributed by atoms with Crippen molar-refractivity contribution in [1.82, 2.24) is 10.2 Å². The molecule has 4 nitrogen and oxygen atoms in total. The first kappa shape index (κ1) is 21.3. The third-order valence-corrected chi connectivity index (χ3v) is 4.14. The molecule has 0 aromatic heterocycles. The van der Waals surface area contributed by atoms with Crippen LogP contribution < -0.4 is 5.32 Å². The monoisotopic (exact) mass is 348 g/mol. The van der Waals surface area contributed by atoms with Crippen molar-refractivity contribution < 1.29 is 18.3 Å². The van der Waals surface area contributed by atoms with E-state index in [2.05, 4.69) is 5.32 Å². The van der Waals surface area contributed by atoms with Gasteiger partial charge in [-0.1, -0.05) is 13.8 Å². The lowest BCUT2D eigenvalue weighted by atomic mass is 10.0. The average Bonchev–Trinajstić information content (AvgIpc) is 2.44. The number of halogens is 2. The molecule has 0 atom stereocenters. The van der Waals surface area contributed by atoms with Crippen LogP contribution in [-0.2, 0) is 9.53 Å². The lowest BCUT2D eigenvalue weighted by Gasteiger charge is -2.34. The minimum absolute atomic E-state index is 0.0392. The number of nitrogens with zero attached hydrogens (tertiary/aromatic N) is 1. The van der Waals surface area contributed by atoms with Gasteiger partial charge in [0.1, 0.15) is 0 Å². The van der Waals surface area contributed by atoms with Crippen molar-refractivity contribution in [3.05, 3.63) is 0 Å². The normalized spacial score (nSPS) is 18.2. The highest BCUT2D eigenvalue weighted by Crippen LogP contribution is 2.24. The summed E-state index contributed by atoms with van der Waals surface area (Å²) in [7, 11) is 0. The Balaban J connectivity index is 2.26. The highest BCUT2D eigenvalue weighted by atomic mass is 19.3. The molecule has 0 aromatic carbocycles. The molecule has 1 heterocycles. The SMILES string of the molecule is CC(C)C(=O)NC1CCN(CC(F)(F)CCCOC(C)(C)C)CC1. The van der Waals surface area contributed by atoms with Crippen LogP contribution in [0.4, 0.5) is 8.78 Å². The molecule has 142 valence electrons. The van der Waals surface area contributed by atoms with Gasteiger partial charge in [0, 0.05) is 38.1 Å². The molecule has 1 aliphatic rings. The van der Waals surface area contributed by atoms with Gasteiger partial charge < -0.3 is 10.1 Å². The van der Waals surface area contributed by atoms with E-state index in [4.69, 9.17) is 4.74 Å². The van der Waals surface area contributed by atoms with Gasteiger partial charge >= 0.3 is 0 Å². The topological polar surface area (TPSA) is 41.6 Å². The summed E-state index contributed by atoms with van der Waals surface area (Å²) < 4.78 is 33.6. The van der Waals surface area contributed by atoms with Crippen LogP contribution >= 0.6 is 0 Å². The zero-order valence-corrected chi connectivity index (χ0v) is 15.8. The van der Waals surface area contributed by atoms with Gasteiger partial charge in [0.05, 0.1) is 12.1 Å². The van der Waals surface area contributed by atoms with E-state index in [1.807, 2.05) is 39.5 Å². The fraction of sp³-hybridized carbons (Fsp3) is 0.944. The van der Waals surface area contributed by atoms with Crippen LogP contribution in [0.25, 0.3) is 0 Å². The number of hydrogen-bond donors (Lipinski definition) is 1. The molecule has 1 amide bonds. The largest absolute Gasteiger partial charge is 0.376 e. The molecule has 24 heavy (non-hydrogen) atoms. The number of carbonyl (C=O) groups excluding carboxylic acids is 1. The third kappa shape index (κ3) is 8.92. The Morgan fingerprint density at radius 3 is 2.33 bits per heavy atom. The first-order chi connectivity index (χ1) is 11.0. The van der Waals surface area contributed by atoms with Crippen LogP contribution in [0.1, 0.15) is 60.3 Å². The summed E-state index contributed by atoms with van der Waals surface area (Å²) in [5.74, 6) is -2.68. The van der Waals surface area contributed by atoms with Crippen molar-refractivity contribution in [3.8, 4) is 0 Å². The smallest absolute Gasteiger partial charge is 0.260 e. The van der Waals surface area contributed by atoms with Crippen molar-refractivity contribution in [2.24, 2.45) is 5.92 Å². The van der Waals surface area contributed by atoms with E-state index in [1.54, 1.807) is 0 Å². The van der Waals surface area contributed by atoms with Gasteiger partial charge in [-0.25, -0.2) is 8.78 Å². The lowest BCUT2D eigenvalue weighted by Crippen LogP contribution is -2.48. The van der Waals surface area contributed by atoms with Gasteiger partial charge in [0.2, 0.25) is 5.91 Å². The molecule has 1 rings (SSSR count). The number of likely N-dealkylation sites (tertiary alicyclic amines) is 1. The quantitative estimate of drug-likeness (QED) is 0.683. The van der Waals surface area contributed by atoms with E-state index in [1.165, 1.54) is 0 Å². The van der Waals surface area contributed by atoms with E-state index >= 15 is 0 Å². The summed E-state index contributed by atoms with van der Waals surface area (Å²) in [6.45, 7) is 10.9. The third-order valence-electron chi connectivity index (χ3n) is 4.14. The predicted molar refractivity (Wildman–Crippen MR) is 92.3 cm³/mol. The molecule has 0 spiro atoms. The molecule has 1 fully saturated rings. The van der Waals surface area contributed by atoms with Crippen LogP contribution in [0.15, 0.2) is 0 Å². The molecule has 0 aliphatic carbocycles. The maximum absolute atomic E-state index is 14.1. The molecular formula is C18H34F2N2O2. The zero-order valence-electron chi connectivity index (χ0n) is 15.8. The van der Waals surface area contributed by atoms with E-state index in [-0.39, 0.29) is 36.4 Å². The number of nitrogens with one attached hydrogen (secondary N) is 1. The molecule has 1 N–H and O–H groups in total. The van der Waals surface area contributed by atoms with Crippen LogP contribution in [0.5, 0.6) is 0 Å². The zero-order chi connectivity index (χ0) is 18.4. The maximum atomic E-state index is 14.1. The summed E-state index contributed by atoms with van der Waals surface area (Å²) in [5, 5.41) is 2.99. The Hall–Kier alpha value is -0.750. The summed E-state index contributed by atoms with van der Waals surface area (Å²) in [5.41, 5.74) is -0.280. The summed E-state index contributed by atoms with van der Waals surface area (Å²) in [6.07, 6.45) is 1.70. The number of piperidine rings is 1. The fourth-order valence-corrected chi connectivity index (χ4v) is 2.72. The van der Waals surface area contributed by atoms with Gasteiger partial charge in [-0.2, -0.15) is 0 Å². The Labute approximate surface area is 145 Å². The maximum Gasteiger partial charge on any atom is 0.260 e. The predicted octanol–water partition coefficient (Wildman–Crippen LogP) is 3.45. The van der Waals surface area contributed by atoms with Gasteiger partial charge in [-0.15, -0.1) is 0 Å². The number of carbonyl (C=O) groups is 1. The summed E-state index contributed by atoms with van der Waals surface area (Å²) in [6, 6.07) is 0.116. The molecule has 1 saturated heterocycles. The standard InChI is InChI=1S/C18H34F2N2O2/c1-14(2)16(23)21-15-7-10-22(11-8-15)13-18(19,20)9-6-12-24-17(3,4)5/h14-15H,6-13H2,1-5H3,(H,21,23). The molecule has 0 radical (unpaired) electrons. The molecule has 6 heteroatoms. The second kappa shape index (κ2) is 9.09. The van der Waals surface area contributed by atoms with E-state index in [0.717, 1.165) is 12.8 Å². The minimum atomic E-state index is -2.69. The molecule has 1 aliphatic heterocycles. The lowest BCUT2D eigenvalue weighted by molar-refractivity contribution is -0.125. The summed E-state index contributed by atoms with van der Waals surface area (Å²) in [4.78, 5) is 13.5. The molecule has 0 bridgehead atoms. The van der Waals surface area contributed by atoms with Gasteiger partial charge in [-0.3, -0.25) is 9.69 Å². The summed E-state index contributed by atoms with van der Waals surface area (Å²) >= 11 is 0. The van der Waals surface area contributed by atoms with Crippen molar-refractivity contribution in [1.29, 1.82) is 0 Å². The highest BCUT2D eigenvalue weighted by Gasteiger charge is 2.33. The second-order valence-corrected chi connectivity index (χ2v) is 8.13. The Morgan fingerprint density at radius 1 is 1.25 bits per heavy atom. The van der Waals surface area contributed by atoms with Crippen molar-refractivity contribution in [2.45, 2.75) is 77.9 Å². The minimum Gasteiger partial charge on any atom is -0.376 e. The first-order valence-electron chi connectivity index (χ1n) is 9.03. The van der Waals surface area contributed by atoms with Crippen molar-refractivity contribution in [2.75, 3.05) is 26.2 Å². The van der Waals surface area contributed by atoms with E-state index in [9.17, 15) is 13.6 Å².